The molecule has 0 atom stereocenters. The fourth-order valence-electron chi connectivity index (χ4n) is 3.37. The number of carboxylic acids is 1. The molecule has 0 bridgehead atoms. The molecule has 1 aromatic heterocycles. The molecule has 2 N–H and O–H groups in total. The number of amides is 1. The lowest BCUT2D eigenvalue weighted by Gasteiger charge is -2.13. The third-order valence-electron chi connectivity index (χ3n) is 5.02. The summed E-state index contributed by atoms with van der Waals surface area (Å²) in [5.41, 5.74) is 3.45. The van der Waals surface area contributed by atoms with Gasteiger partial charge in [-0.25, -0.2) is 14.8 Å². The van der Waals surface area contributed by atoms with Crippen LogP contribution in [0.15, 0.2) is 96.7 Å². The van der Waals surface area contributed by atoms with Crippen LogP contribution < -0.4 is 5.32 Å². The molecule has 0 saturated heterocycles. The molecule has 1 amide bonds. The van der Waals surface area contributed by atoms with Crippen molar-refractivity contribution in [2.24, 2.45) is 0 Å². The van der Waals surface area contributed by atoms with Gasteiger partial charge in [-0.1, -0.05) is 78.9 Å². The first-order chi connectivity index (χ1) is 16.0. The van der Waals surface area contributed by atoms with E-state index in [0.29, 0.717) is 28.3 Å². The fourth-order valence-corrected chi connectivity index (χ4v) is 3.37. The largest absolute Gasteiger partial charge is 0.477 e. The molecule has 0 aliphatic rings. The fraction of sp³-hybridized carbons (Fsp3) is 0.0370. The van der Waals surface area contributed by atoms with Crippen molar-refractivity contribution in [3.8, 4) is 22.6 Å². The summed E-state index contributed by atoms with van der Waals surface area (Å²) in [6, 6.07) is 27.5. The molecule has 33 heavy (non-hydrogen) atoms. The number of aryl methyl sites for hydroxylation is 1. The highest BCUT2D eigenvalue weighted by Gasteiger charge is 2.18. The third-order valence-corrected chi connectivity index (χ3v) is 5.02. The van der Waals surface area contributed by atoms with E-state index in [1.807, 2.05) is 60.7 Å². The van der Waals surface area contributed by atoms with E-state index >= 15 is 0 Å². The summed E-state index contributed by atoms with van der Waals surface area (Å²) in [6.45, 7) is 1.80. The Bertz CT molecular complexity index is 1320. The Morgan fingerprint density at radius 2 is 1.33 bits per heavy atom. The van der Waals surface area contributed by atoms with Gasteiger partial charge in [0.15, 0.2) is 5.82 Å². The van der Waals surface area contributed by atoms with Gasteiger partial charge < -0.3 is 10.4 Å². The number of benzene rings is 3. The van der Waals surface area contributed by atoms with Crippen molar-refractivity contribution < 1.29 is 14.7 Å². The molecule has 0 aliphatic carbocycles. The lowest BCUT2D eigenvalue weighted by atomic mass is 10.0. The number of carboxylic acid groups (broad SMARTS) is 1. The average molecular weight is 435 g/mol. The number of carbonyl (C=O) groups excluding carboxylic acids is 1. The molecule has 1 heterocycles. The third kappa shape index (κ3) is 5.02. The number of aromatic nitrogens is 2. The number of aliphatic carboxylic acids is 1. The molecular weight excluding hydrogens is 414 g/mol. The van der Waals surface area contributed by atoms with E-state index in [2.05, 4.69) is 10.3 Å². The Morgan fingerprint density at radius 1 is 0.788 bits per heavy atom. The van der Waals surface area contributed by atoms with Crippen LogP contribution in [-0.4, -0.2) is 27.0 Å². The van der Waals surface area contributed by atoms with Crippen molar-refractivity contribution in [3.05, 3.63) is 114 Å². The zero-order chi connectivity index (χ0) is 23.2. The van der Waals surface area contributed by atoms with Gasteiger partial charge in [0.25, 0.3) is 5.91 Å². The zero-order valence-electron chi connectivity index (χ0n) is 17.9. The van der Waals surface area contributed by atoms with Crippen molar-refractivity contribution in [3.63, 3.8) is 0 Å². The average Bonchev–Trinajstić information content (AvgIpc) is 2.86. The normalized spacial score (nSPS) is 11.1. The van der Waals surface area contributed by atoms with Gasteiger partial charge in [-0.3, -0.25) is 4.79 Å². The second-order valence-corrected chi connectivity index (χ2v) is 7.31. The molecular formula is C27H21N3O3. The molecule has 0 radical (unpaired) electrons. The highest BCUT2D eigenvalue weighted by atomic mass is 16.4. The van der Waals surface area contributed by atoms with Crippen molar-refractivity contribution >= 4 is 18.0 Å². The highest BCUT2D eigenvalue weighted by Crippen LogP contribution is 2.28. The topological polar surface area (TPSA) is 92.2 Å². The number of hydrogen-bond acceptors (Lipinski definition) is 4. The lowest BCUT2D eigenvalue weighted by molar-refractivity contribution is -0.132. The Morgan fingerprint density at radius 3 is 1.91 bits per heavy atom. The van der Waals surface area contributed by atoms with Gasteiger partial charge in [0.05, 0.1) is 5.69 Å². The molecule has 6 nitrogen and oxygen atoms in total. The summed E-state index contributed by atoms with van der Waals surface area (Å²) < 4.78 is 0. The van der Waals surface area contributed by atoms with Crippen LogP contribution >= 0.6 is 0 Å². The SMILES string of the molecule is Cc1nc(-c2ccccc2)nc(-c2ccccc2)c1/C=C(/NC(=O)c1ccccc1)C(=O)O. The quantitative estimate of drug-likeness (QED) is 0.417. The Hall–Kier alpha value is -4.58. The summed E-state index contributed by atoms with van der Waals surface area (Å²) in [7, 11) is 0. The molecule has 0 fully saturated rings. The molecule has 3 aromatic carbocycles. The van der Waals surface area contributed by atoms with Gasteiger partial charge in [-0.05, 0) is 25.1 Å². The number of hydrogen-bond donors (Lipinski definition) is 2. The second-order valence-electron chi connectivity index (χ2n) is 7.31. The minimum absolute atomic E-state index is 0.264. The molecule has 4 aromatic rings. The van der Waals surface area contributed by atoms with Crippen molar-refractivity contribution in [2.45, 2.75) is 6.92 Å². The first-order valence-corrected chi connectivity index (χ1v) is 10.3. The van der Waals surface area contributed by atoms with Gasteiger partial charge in [-0.2, -0.15) is 0 Å². The molecule has 4 rings (SSSR count). The highest BCUT2D eigenvalue weighted by molar-refractivity contribution is 6.03. The van der Waals surface area contributed by atoms with E-state index in [1.165, 1.54) is 6.08 Å². The smallest absolute Gasteiger partial charge is 0.352 e. The first-order valence-electron chi connectivity index (χ1n) is 10.3. The van der Waals surface area contributed by atoms with Gasteiger partial charge in [-0.15, -0.1) is 0 Å². The van der Waals surface area contributed by atoms with Crippen LogP contribution in [0.25, 0.3) is 28.7 Å². The van der Waals surface area contributed by atoms with E-state index < -0.39 is 11.9 Å². The summed E-state index contributed by atoms with van der Waals surface area (Å²) in [6.07, 6.45) is 1.41. The second kappa shape index (κ2) is 9.70. The van der Waals surface area contributed by atoms with Crippen LogP contribution in [0.4, 0.5) is 0 Å². The molecule has 0 saturated carbocycles. The van der Waals surface area contributed by atoms with Crippen LogP contribution in [0.2, 0.25) is 0 Å². The van der Waals surface area contributed by atoms with Crippen LogP contribution in [-0.2, 0) is 4.79 Å². The number of nitrogens with one attached hydrogen (secondary N) is 1. The maximum absolute atomic E-state index is 12.6. The van der Waals surface area contributed by atoms with Crippen LogP contribution in [0, 0.1) is 6.92 Å². The maximum Gasteiger partial charge on any atom is 0.352 e. The Kier molecular flexibility index (Phi) is 6.36. The van der Waals surface area contributed by atoms with E-state index in [-0.39, 0.29) is 5.70 Å². The number of rotatable bonds is 6. The van der Waals surface area contributed by atoms with E-state index in [4.69, 9.17) is 4.98 Å². The van der Waals surface area contributed by atoms with Gasteiger partial charge in [0.2, 0.25) is 0 Å². The molecule has 0 spiro atoms. The van der Waals surface area contributed by atoms with E-state index in [9.17, 15) is 14.7 Å². The monoisotopic (exact) mass is 435 g/mol. The standard InChI is InChI=1S/C27H21N3O3/c1-18-22(17-23(27(32)33)29-26(31)21-15-9-4-10-16-21)24(19-11-5-2-6-12-19)30-25(28-18)20-13-7-3-8-14-20/h2-17H,1H3,(H,29,31)(H,32,33)/b23-17+. The molecule has 6 heteroatoms. The van der Waals surface area contributed by atoms with Crippen LogP contribution in [0.5, 0.6) is 0 Å². The van der Waals surface area contributed by atoms with Gasteiger partial charge >= 0.3 is 5.97 Å². The summed E-state index contributed by atoms with van der Waals surface area (Å²) in [5.74, 6) is -1.23. The van der Waals surface area contributed by atoms with Gasteiger partial charge in [0.1, 0.15) is 5.70 Å². The van der Waals surface area contributed by atoms with Crippen LogP contribution in [0.3, 0.4) is 0 Å². The lowest BCUT2D eigenvalue weighted by Crippen LogP contribution is -2.27. The first kappa shape index (κ1) is 21.6. The maximum atomic E-state index is 12.6. The van der Waals surface area contributed by atoms with E-state index in [0.717, 1.165) is 11.1 Å². The number of carbonyl (C=O) groups is 2. The number of nitrogens with zero attached hydrogens (tertiary/aromatic N) is 2. The Labute approximate surface area is 191 Å². The van der Waals surface area contributed by atoms with Crippen LogP contribution in [0.1, 0.15) is 21.6 Å². The molecule has 162 valence electrons. The Balaban J connectivity index is 1.83. The predicted octanol–water partition coefficient (Wildman–Crippen LogP) is 4.97. The summed E-state index contributed by atoms with van der Waals surface area (Å²) in [5, 5.41) is 12.3. The van der Waals surface area contributed by atoms with Crippen molar-refractivity contribution in [1.29, 1.82) is 0 Å². The summed E-state index contributed by atoms with van der Waals surface area (Å²) in [4.78, 5) is 34.0. The van der Waals surface area contributed by atoms with Crippen molar-refractivity contribution in [2.75, 3.05) is 0 Å². The predicted molar refractivity (Wildman–Crippen MR) is 127 cm³/mol. The van der Waals surface area contributed by atoms with Crippen molar-refractivity contribution in [1.82, 2.24) is 15.3 Å². The van der Waals surface area contributed by atoms with E-state index in [1.54, 1.807) is 37.3 Å². The zero-order valence-corrected chi connectivity index (χ0v) is 17.9. The summed E-state index contributed by atoms with van der Waals surface area (Å²) >= 11 is 0. The minimum Gasteiger partial charge on any atom is -0.477 e. The van der Waals surface area contributed by atoms with Gasteiger partial charge in [0, 0.05) is 27.9 Å². The molecule has 0 unspecified atom stereocenters. The molecule has 0 aliphatic heterocycles. The minimum atomic E-state index is -1.26.